The summed E-state index contributed by atoms with van der Waals surface area (Å²) in [4.78, 5) is 12.6. The maximum absolute atomic E-state index is 11.1. The molecule has 0 bridgehead atoms. The van der Waals surface area contributed by atoms with Crippen LogP contribution in [0.1, 0.15) is 30.7 Å². The lowest BCUT2D eigenvalue weighted by molar-refractivity contribution is -0.137. The van der Waals surface area contributed by atoms with E-state index in [4.69, 9.17) is 5.11 Å². The van der Waals surface area contributed by atoms with Crippen LogP contribution in [0.25, 0.3) is 5.69 Å². The van der Waals surface area contributed by atoms with E-state index in [0.29, 0.717) is 5.92 Å². The first-order chi connectivity index (χ1) is 9.25. The maximum Gasteiger partial charge on any atom is 0.303 e. The van der Waals surface area contributed by atoms with Crippen LogP contribution in [0.3, 0.4) is 0 Å². The second kappa shape index (κ2) is 4.84. The molecule has 98 valence electrons. The number of benzene rings is 1. The van der Waals surface area contributed by atoms with Gasteiger partial charge in [0.25, 0.3) is 0 Å². The first-order valence-corrected chi connectivity index (χ1v) is 6.43. The van der Waals surface area contributed by atoms with E-state index in [2.05, 4.69) is 10.2 Å². The molecule has 1 aromatic heterocycles. The van der Waals surface area contributed by atoms with E-state index in [-0.39, 0.29) is 12.3 Å². The molecule has 5 nitrogen and oxygen atoms in total. The molecule has 1 heterocycles. The van der Waals surface area contributed by atoms with Crippen molar-refractivity contribution in [1.82, 2.24) is 15.0 Å². The zero-order chi connectivity index (χ0) is 13.2. The zero-order valence-corrected chi connectivity index (χ0v) is 10.4. The van der Waals surface area contributed by atoms with Gasteiger partial charge in [-0.15, -0.1) is 0 Å². The van der Waals surface area contributed by atoms with Crippen LogP contribution in [0.15, 0.2) is 36.7 Å². The molecule has 19 heavy (non-hydrogen) atoms. The number of aromatic nitrogens is 3. The highest BCUT2D eigenvalue weighted by molar-refractivity contribution is 5.68. The fourth-order valence-electron chi connectivity index (χ4n) is 2.54. The van der Waals surface area contributed by atoms with Crippen molar-refractivity contribution in [3.63, 3.8) is 0 Å². The van der Waals surface area contributed by atoms with Crippen LogP contribution < -0.4 is 0 Å². The van der Waals surface area contributed by atoms with Gasteiger partial charge in [-0.05, 0) is 36.3 Å². The molecule has 1 saturated carbocycles. The summed E-state index contributed by atoms with van der Waals surface area (Å²) in [7, 11) is 0. The first kappa shape index (κ1) is 11.9. The quantitative estimate of drug-likeness (QED) is 0.891. The summed E-state index contributed by atoms with van der Waals surface area (Å²) in [6.07, 6.45) is 5.64. The molecule has 1 fully saturated rings. The minimum absolute atomic E-state index is 0.0553. The van der Waals surface area contributed by atoms with Gasteiger partial charge < -0.3 is 5.11 Å². The molecular formula is C14H15N3O2. The Labute approximate surface area is 110 Å². The molecule has 1 N–H and O–H groups in total. The molecule has 1 aliphatic carbocycles. The second-order valence-electron chi connectivity index (χ2n) is 4.92. The summed E-state index contributed by atoms with van der Waals surface area (Å²) >= 11 is 0. The zero-order valence-electron chi connectivity index (χ0n) is 10.4. The predicted molar refractivity (Wildman–Crippen MR) is 69.1 cm³/mol. The van der Waals surface area contributed by atoms with Crippen LogP contribution in [-0.2, 0) is 4.79 Å². The number of carbonyl (C=O) groups is 1. The largest absolute Gasteiger partial charge is 0.481 e. The van der Waals surface area contributed by atoms with Gasteiger partial charge in [-0.25, -0.2) is 0 Å². The van der Waals surface area contributed by atoms with Gasteiger partial charge in [0.05, 0.1) is 24.5 Å². The van der Waals surface area contributed by atoms with E-state index in [1.54, 1.807) is 17.2 Å². The number of nitrogens with zero attached hydrogens (tertiary/aromatic N) is 3. The van der Waals surface area contributed by atoms with Crippen LogP contribution >= 0.6 is 0 Å². The molecule has 0 radical (unpaired) electrons. The molecule has 0 spiro atoms. The summed E-state index contributed by atoms with van der Waals surface area (Å²) < 4.78 is 0. The Bertz CT molecular complexity index is 576. The summed E-state index contributed by atoms with van der Waals surface area (Å²) in [5.41, 5.74) is 1.91. The fourth-order valence-corrected chi connectivity index (χ4v) is 2.54. The molecule has 1 aliphatic rings. The third-order valence-electron chi connectivity index (χ3n) is 3.56. The molecule has 0 aliphatic heterocycles. The Morgan fingerprint density at radius 2 is 2.00 bits per heavy atom. The molecule has 3 rings (SSSR count). The molecule has 0 saturated heterocycles. The average Bonchev–Trinajstić information content (AvgIpc) is 3.10. The van der Waals surface area contributed by atoms with E-state index >= 15 is 0 Å². The number of para-hydroxylation sites is 1. The highest BCUT2D eigenvalue weighted by Gasteiger charge is 2.35. The van der Waals surface area contributed by atoms with E-state index in [1.165, 1.54) is 0 Å². The summed E-state index contributed by atoms with van der Waals surface area (Å²) in [6, 6.07) is 7.80. The number of rotatable bonds is 5. The highest BCUT2D eigenvalue weighted by Crippen LogP contribution is 2.45. The van der Waals surface area contributed by atoms with Crippen molar-refractivity contribution in [2.24, 2.45) is 5.92 Å². The van der Waals surface area contributed by atoms with Gasteiger partial charge in [0.15, 0.2) is 0 Å². The molecular weight excluding hydrogens is 242 g/mol. The van der Waals surface area contributed by atoms with Gasteiger partial charge in [0.1, 0.15) is 0 Å². The smallest absolute Gasteiger partial charge is 0.303 e. The third kappa shape index (κ3) is 2.50. The predicted octanol–water partition coefficient (Wildman–Crippen LogP) is 2.24. The Morgan fingerprint density at radius 1 is 1.32 bits per heavy atom. The lowest BCUT2D eigenvalue weighted by Gasteiger charge is -2.17. The van der Waals surface area contributed by atoms with E-state index in [0.717, 1.165) is 24.1 Å². The van der Waals surface area contributed by atoms with E-state index in [9.17, 15) is 4.79 Å². The normalized spacial score (nSPS) is 16.2. The Kier molecular flexibility index (Phi) is 3.03. The van der Waals surface area contributed by atoms with E-state index in [1.807, 2.05) is 24.3 Å². The Hall–Kier alpha value is -2.17. The molecule has 0 amide bonds. The van der Waals surface area contributed by atoms with Gasteiger partial charge in [0.2, 0.25) is 0 Å². The van der Waals surface area contributed by atoms with Crippen molar-refractivity contribution in [2.45, 2.75) is 25.2 Å². The van der Waals surface area contributed by atoms with Crippen LogP contribution in [0.2, 0.25) is 0 Å². The lowest BCUT2D eigenvalue weighted by Crippen LogP contribution is -2.12. The summed E-state index contributed by atoms with van der Waals surface area (Å²) in [5.74, 6) is -0.215. The van der Waals surface area contributed by atoms with Crippen LogP contribution in [0.4, 0.5) is 0 Å². The number of aliphatic carboxylic acids is 1. The molecule has 1 unspecified atom stereocenters. The van der Waals surface area contributed by atoms with Gasteiger partial charge in [-0.1, -0.05) is 18.2 Å². The van der Waals surface area contributed by atoms with Gasteiger partial charge in [0, 0.05) is 0 Å². The number of carboxylic acid groups (broad SMARTS) is 1. The van der Waals surface area contributed by atoms with E-state index < -0.39 is 5.97 Å². The standard InChI is InChI=1S/C14H15N3O2/c18-14(19)9-12(10-5-6-10)11-3-1-2-4-13(11)17-15-7-8-16-17/h1-4,7-8,10,12H,5-6,9H2,(H,18,19). The number of carboxylic acids is 1. The van der Waals surface area contributed by atoms with Crippen molar-refractivity contribution < 1.29 is 9.90 Å². The van der Waals surface area contributed by atoms with Crippen molar-refractivity contribution in [2.75, 3.05) is 0 Å². The molecule has 1 atom stereocenters. The Morgan fingerprint density at radius 3 is 2.63 bits per heavy atom. The summed E-state index contributed by atoms with van der Waals surface area (Å²) in [6.45, 7) is 0. The molecule has 2 aromatic rings. The SMILES string of the molecule is O=C(O)CC(c1ccccc1-n1nccn1)C1CC1. The van der Waals surface area contributed by atoms with Crippen LogP contribution in [-0.4, -0.2) is 26.1 Å². The third-order valence-corrected chi connectivity index (χ3v) is 3.56. The van der Waals surface area contributed by atoms with Crippen molar-refractivity contribution in [1.29, 1.82) is 0 Å². The monoisotopic (exact) mass is 257 g/mol. The molecule has 5 heteroatoms. The van der Waals surface area contributed by atoms with Crippen molar-refractivity contribution in [3.8, 4) is 5.69 Å². The number of hydrogen-bond acceptors (Lipinski definition) is 3. The minimum Gasteiger partial charge on any atom is -0.481 e. The first-order valence-electron chi connectivity index (χ1n) is 6.43. The maximum atomic E-state index is 11.1. The van der Waals surface area contributed by atoms with Gasteiger partial charge in [-0.3, -0.25) is 4.79 Å². The molecule has 1 aromatic carbocycles. The topological polar surface area (TPSA) is 68.0 Å². The van der Waals surface area contributed by atoms with Crippen LogP contribution in [0, 0.1) is 5.92 Å². The summed E-state index contributed by atoms with van der Waals surface area (Å²) in [5, 5.41) is 17.4. The Balaban J connectivity index is 2.00. The lowest BCUT2D eigenvalue weighted by atomic mass is 9.90. The minimum atomic E-state index is -0.750. The van der Waals surface area contributed by atoms with Crippen molar-refractivity contribution in [3.05, 3.63) is 42.2 Å². The van der Waals surface area contributed by atoms with Crippen molar-refractivity contribution >= 4 is 5.97 Å². The average molecular weight is 257 g/mol. The van der Waals surface area contributed by atoms with Gasteiger partial charge in [-0.2, -0.15) is 15.0 Å². The highest BCUT2D eigenvalue weighted by atomic mass is 16.4. The number of hydrogen-bond donors (Lipinski definition) is 1. The van der Waals surface area contributed by atoms with Crippen LogP contribution in [0.5, 0.6) is 0 Å². The van der Waals surface area contributed by atoms with Gasteiger partial charge >= 0.3 is 5.97 Å². The fraction of sp³-hybridized carbons (Fsp3) is 0.357. The second-order valence-corrected chi connectivity index (χ2v) is 4.92.